The molecule has 0 spiro atoms. The minimum absolute atomic E-state index is 0.142. The normalized spacial score (nSPS) is 15.0. The van der Waals surface area contributed by atoms with Crippen molar-refractivity contribution in [3.05, 3.63) is 191 Å². The molecule has 1 saturated carbocycles. The van der Waals surface area contributed by atoms with Crippen molar-refractivity contribution in [1.82, 2.24) is 0 Å². The molecule has 1 aliphatic carbocycles. The molecule has 0 atom stereocenters. The van der Waals surface area contributed by atoms with Crippen LogP contribution in [0.15, 0.2) is 158 Å². The molecule has 6 nitrogen and oxygen atoms in total. The molecule has 6 aromatic rings. The van der Waals surface area contributed by atoms with Crippen molar-refractivity contribution in [1.29, 1.82) is 0 Å². The van der Waals surface area contributed by atoms with E-state index in [1.807, 2.05) is 133 Å². The molecule has 0 saturated heterocycles. The maximum atomic E-state index is 15.1. The molecule has 0 aliphatic heterocycles. The molecule has 0 heterocycles. The van der Waals surface area contributed by atoms with E-state index in [4.69, 9.17) is 9.47 Å². The fourth-order valence-corrected chi connectivity index (χ4v) is 12.5. The van der Waals surface area contributed by atoms with Crippen molar-refractivity contribution in [2.75, 3.05) is 23.8 Å². The average Bonchev–Trinajstić information content (AvgIpc) is 0.790. The smallest absolute Gasteiger partial charge is 0.228 e. The first-order valence-corrected chi connectivity index (χ1v) is 34.9. The van der Waals surface area contributed by atoms with Gasteiger partial charge in [0.1, 0.15) is 11.5 Å². The summed E-state index contributed by atoms with van der Waals surface area (Å²) in [7, 11) is 0. The minimum Gasteiger partial charge on any atom is -0.494 e. The molecule has 6 heteroatoms. The van der Waals surface area contributed by atoms with E-state index in [-0.39, 0.29) is 11.8 Å². The van der Waals surface area contributed by atoms with Gasteiger partial charge in [0.15, 0.2) is 0 Å². The van der Waals surface area contributed by atoms with Gasteiger partial charge >= 0.3 is 0 Å². The number of hydrogen-bond acceptors (Lipinski definition) is 4. The summed E-state index contributed by atoms with van der Waals surface area (Å²) in [5.74, 6) is 12.3. The van der Waals surface area contributed by atoms with Gasteiger partial charge in [-0.25, -0.2) is 0 Å². The number of nitrogens with one attached hydrogen (secondary N) is 2. The molecule has 0 aromatic heterocycles. The van der Waals surface area contributed by atoms with Gasteiger partial charge in [-0.3, -0.25) is 9.59 Å². The van der Waals surface area contributed by atoms with Crippen LogP contribution in [0.3, 0.4) is 0 Å². The second kappa shape index (κ2) is 42.0. The van der Waals surface area contributed by atoms with E-state index in [1.54, 1.807) is 0 Å². The van der Waals surface area contributed by atoms with Gasteiger partial charge in [-0.1, -0.05) is 291 Å². The maximum Gasteiger partial charge on any atom is 0.228 e. The summed E-state index contributed by atoms with van der Waals surface area (Å²) in [6, 6.07) is 51.5. The number of unbranched alkanes of at least 4 members (excludes halogenated alkanes) is 30. The fourth-order valence-electron chi connectivity index (χ4n) is 12.5. The highest BCUT2D eigenvalue weighted by molar-refractivity contribution is 6.01. The zero-order valence-corrected chi connectivity index (χ0v) is 54.0. The SMILES string of the molecule is CCCCCCCCCCCCCCCCCCOc1ccc(C2C(C(=O)Nc3ccc(C#Cc4ccccc4)cc3)C(c3ccc(OCCCCCCCCCCCCCCCCCC)cc3)C2C(=O)Nc2ccc(C#Cc3ccccc3)cc2)cc1. The Bertz CT molecular complexity index is 2740. The average molecular weight is 1180 g/mol. The predicted octanol–water partition coefficient (Wildman–Crippen LogP) is 22.2. The molecular formula is C82H106N2O4. The zero-order chi connectivity index (χ0) is 61.3. The van der Waals surface area contributed by atoms with Gasteiger partial charge in [-0.05, 0) is 121 Å². The lowest BCUT2D eigenvalue weighted by Gasteiger charge is -2.50. The molecule has 0 bridgehead atoms. The third-order valence-corrected chi connectivity index (χ3v) is 17.8. The summed E-state index contributed by atoms with van der Waals surface area (Å²) in [4.78, 5) is 30.1. The van der Waals surface area contributed by atoms with Crippen LogP contribution < -0.4 is 20.1 Å². The number of anilines is 2. The molecule has 0 radical (unpaired) electrons. The molecule has 7 rings (SSSR count). The number of rotatable bonds is 42. The highest BCUT2D eigenvalue weighted by Crippen LogP contribution is 2.58. The van der Waals surface area contributed by atoms with Crippen LogP contribution in [0, 0.1) is 35.5 Å². The van der Waals surface area contributed by atoms with Crippen LogP contribution >= 0.6 is 0 Å². The molecular weight excluding hydrogens is 1080 g/mol. The Morgan fingerprint density at radius 2 is 0.557 bits per heavy atom. The third-order valence-electron chi connectivity index (χ3n) is 17.8. The Balaban J connectivity index is 0.980. The van der Waals surface area contributed by atoms with E-state index in [9.17, 15) is 0 Å². The van der Waals surface area contributed by atoms with Gasteiger partial charge in [0.2, 0.25) is 11.8 Å². The summed E-state index contributed by atoms with van der Waals surface area (Å²) in [5.41, 5.74) is 6.77. The van der Waals surface area contributed by atoms with Crippen LogP contribution in [0.4, 0.5) is 11.4 Å². The number of amides is 2. The zero-order valence-electron chi connectivity index (χ0n) is 54.0. The van der Waals surface area contributed by atoms with Crippen molar-refractivity contribution in [3.63, 3.8) is 0 Å². The highest BCUT2D eigenvalue weighted by Gasteiger charge is 2.58. The lowest BCUT2D eigenvalue weighted by Crippen LogP contribution is -2.53. The van der Waals surface area contributed by atoms with E-state index in [0.717, 1.165) is 70.6 Å². The Morgan fingerprint density at radius 3 is 0.830 bits per heavy atom. The standard InChI is InChI=1S/C82H106N2O4/c1-3-5-7-9-11-13-15-17-19-21-23-25-27-29-31-39-65-87-75-61-53-71(54-62-75)77-79(81(85)83-73-57-49-69(50-58-73)47-45-67-41-35-33-36-42-67)78(80(77)82(86)84-74-59-51-70(52-60-74)48-46-68-43-37-34-38-44-68)72-55-63-76(64-56-72)88-66-40-32-30-28-26-24-22-20-18-16-14-12-10-8-6-4-2/h33-38,41-44,49-64,77-80H,3-32,39-40,65-66H2,1-2H3,(H,83,85)(H,84,86). The Morgan fingerprint density at radius 1 is 0.307 bits per heavy atom. The van der Waals surface area contributed by atoms with Crippen molar-refractivity contribution in [2.24, 2.45) is 11.8 Å². The van der Waals surface area contributed by atoms with E-state index in [2.05, 4.69) is 72.4 Å². The summed E-state index contributed by atoms with van der Waals surface area (Å²) in [6.07, 6.45) is 42.6. The number of carbonyl (C=O) groups is 2. The monoisotopic (exact) mass is 1180 g/mol. The Labute approximate surface area is 532 Å². The molecule has 2 amide bonds. The summed E-state index contributed by atoms with van der Waals surface area (Å²) >= 11 is 0. The first-order chi connectivity index (χ1) is 43.5. The first kappa shape index (κ1) is 68.5. The summed E-state index contributed by atoms with van der Waals surface area (Å²) < 4.78 is 12.6. The third kappa shape index (κ3) is 25.6. The van der Waals surface area contributed by atoms with Crippen molar-refractivity contribution < 1.29 is 19.1 Å². The number of carbonyl (C=O) groups excluding carboxylic acids is 2. The van der Waals surface area contributed by atoms with Crippen LogP contribution in [0.2, 0.25) is 0 Å². The number of hydrogen-bond donors (Lipinski definition) is 2. The van der Waals surface area contributed by atoms with E-state index in [0.29, 0.717) is 24.6 Å². The Kier molecular flexibility index (Phi) is 32.7. The van der Waals surface area contributed by atoms with Crippen LogP contribution in [0.25, 0.3) is 0 Å². The molecule has 468 valence electrons. The molecule has 88 heavy (non-hydrogen) atoms. The van der Waals surface area contributed by atoms with Crippen molar-refractivity contribution >= 4 is 23.2 Å². The molecule has 2 N–H and O–H groups in total. The number of ether oxygens (including phenoxy) is 2. The fraction of sp³-hybridized carbons (Fsp3) is 0.488. The predicted molar refractivity (Wildman–Crippen MR) is 370 cm³/mol. The van der Waals surface area contributed by atoms with Gasteiger partial charge in [-0.2, -0.15) is 0 Å². The lowest BCUT2D eigenvalue weighted by atomic mass is 9.52. The topological polar surface area (TPSA) is 76.7 Å². The van der Waals surface area contributed by atoms with Gasteiger partial charge < -0.3 is 20.1 Å². The van der Waals surface area contributed by atoms with Crippen LogP contribution in [-0.4, -0.2) is 25.0 Å². The van der Waals surface area contributed by atoms with Gasteiger partial charge in [-0.15, -0.1) is 0 Å². The molecule has 1 aliphatic rings. The number of benzene rings is 6. The second-order valence-corrected chi connectivity index (χ2v) is 24.9. The summed E-state index contributed by atoms with van der Waals surface area (Å²) in [6.45, 7) is 5.89. The Hall–Kier alpha value is -7.02. The molecule has 0 unspecified atom stereocenters. The van der Waals surface area contributed by atoms with Crippen LogP contribution in [0.5, 0.6) is 11.5 Å². The first-order valence-electron chi connectivity index (χ1n) is 34.9. The largest absolute Gasteiger partial charge is 0.494 e. The lowest BCUT2D eigenvalue weighted by molar-refractivity contribution is -0.134. The van der Waals surface area contributed by atoms with E-state index < -0.39 is 23.7 Å². The van der Waals surface area contributed by atoms with E-state index >= 15 is 9.59 Å². The quantitative estimate of drug-likeness (QED) is 0.0296. The van der Waals surface area contributed by atoms with Crippen LogP contribution in [-0.2, 0) is 9.59 Å². The van der Waals surface area contributed by atoms with Crippen molar-refractivity contribution in [2.45, 2.75) is 231 Å². The van der Waals surface area contributed by atoms with Crippen LogP contribution in [0.1, 0.15) is 265 Å². The van der Waals surface area contributed by atoms with Gasteiger partial charge in [0.05, 0.1) is 25.0 Å². The second-order valence-electron chi connectivity index (χ2n) is 24.9. The van der Waals surface area contributed by atoms with Gasteiger partial charge in [0, 0.05) is 45.5 Å². The molecule has 6 aromatic carbocycles. The highest BCUT2D eigenvalue weighted by atomic mass is 16.5. The minimum atomic E-state index is -0.572. The summed E-state index contributed by atoms with van der Waals surface area (Å²) in [5, 5.41) is 6.55. The maximum absolute atomic E-state index is 15.1. The van der Waals surface area contributed by atoms with Gasteiger partial charge in [0.25, 0.3) is 0 Å². The van der Waals surface area contributed by atoms with Crippen molar-refractivity contribution in [3.8, 4) is 35.2 Å². The molecule has 1 fully saturated rings. The van der Waals surface area contributed by atoms with E-state index in [1.165, 1.54) is 180 Å².